The van der Waals surface area contributed by atoms with E-state index in [1.54, 1.807) is 0 Å². The summed E-state index contributed by atoms with van der Waals surface area (Å²) in [5, 5.41) is 3.35. The van der Waals surface area contributed by atoms with Crippen molar-refractivity contribution in [1.82, 2.24) is 10.2 Å². The van der Waals surface area contributed by atoms with E-state index in [4.69, 9.17) is 0 Å². The van der Waals surface area contributed by atoms with E-state index in [0.29, 0.717) is 0 Å². The fourth-order valence-electron chi connectivity index (χ4n) is 3.45. The minimum Gasteiger partial charge on any atom is -0.357 e. The number of rotatable bonds is 3. The van der Waals surface area contributed by atoms with Crippen LogP contribution in [0.1, 0.15) is 26.3 Å². The van der Waals surface area contributed by atoms with E-state index in [1.165, 1.54) is 5.56 Å². The van der Waals surface area contributed by atoms with Crippen molar-refractivity contribution in [1.29, 1.82) is 0 Å². The van der Waals surface area contributed by atoms with E-state index < -0.39 is 0 Å². The minimum absolute atomic E-state index is 0. The number of guanidine groups is 1. The summed E-state index contributed by atoms with van der Waals surface area (Å²) in [6, 6.07) is 8.15. The molecule has 0 aliphatic carbocycles. The van der Waals surface area contributed by atoms with Gasteiger partial charge < -0.3 is 15.1 Å². The molecule has 1 aromatic carbocycles. The number of anilines is 1. The number of halogens is 1. The van der Waals surface area contributed by atoms with E-state index in [9.17, 15) is 4.79 Å². The molecule has 26 heavy (non-hydrogen) atoms. The largest absolute Gasteiger partial charge is 0.357 e. The maximum absolute atomic E-state index is 12.7. The molecule has 1 amide bonds. The Morgan fingerprint density at radius 3 is 2.81 bits per heavy atom. The summed E-state index contributed by atoms with van der Waals surface area (Å²) < 4.78 is 0.215. The van der Waals surface area contributed by atoms with E-state index in [2.05, 4.69) is 42.0 Å². The first-order valence-electron chi connectivity index (χ1n) is 9.05. The summed E-state index contributed by atoms with van der Waals surface area (Å²) in [7, 11) is 0. The standard InChI is InChI=1S/C19H28N4OS.HI/c1-4-20-18(22-11-12-25-19(2,3)14-22)21-13-17(24)23-10-9-15-7-5-6-8-16(15)23;/h5-8H,4,9-14H2,1-3H3,(H,20,21);1H. The Labute approximate surface area is 178 Å². The van der Waals surface area contributed by atoms with Gasteiger partial charge in [0.25, 0.3) is 0 Å². The SMILES string of the molecule is CCNC(=NCC(=O)N1CCc2ccccc21)N1CCSC(C)(C)C1.I. The molecule has 2 heterocycles. The number of hydrogen-bond acceptors (Lipinski definition) is 3. The van der Waals surface area contributed by atoms with E-state index in [-0.39, 0.29) is 41.2 Å². The predicted molar refractivity (Wildman–Crippen MR) is 122 cm³/mol. The maximum atomic E-state index is 12.7. The second kappa shape index (κ2) is 9.30. The molecule has 0 bridgehead atoms. The zero-order chi connectivity index (χ0) is 17.9. The van der Waals surface area contributed by atoms with Crippen LogP contribution in [-0.4, -0.2) is 60.0 Å². The molecular weight excluding hydrogens is 459 g/mol. The number of nitrogens with zero attached hydrogens (tertiary/aromatic N) is 3. The Kier molecular flexibility index (Phi) is 7.63. The zero-order valence-corrected chi connectivity index (χ0v) is 19.0. The number of fused-ring (bicyclic) bond motifs is 1. The predicted octanol–water partition coefficient (Wildman–Crippen LogP) is 2.99. The molecule has 1 N–H and O–H groups in total. The Hall–Kier alpha value is -0.960. The topological polar surface area (TPSA) is 47.9 Å². The molecule has 1 aromatic rings. The van der Waals surface area contributed by atoms with Gasteiger partial charge in [-0.15, -0.1) is 24.0 Å². The first kappa shape index (κ1) is 21.3. The van der Waals surface area contributed by atoms with Crippen LogP contribution in [0.3, 0.4) is 0 Å². The van der Waals surface area contributed by atoms with Gasteiger partial charge in [-0.1, -0.05) is 18.2 Å². The molecule has 0 radical (unpaired) electrons. The molecule has 2 aliphatic rings. The summed E-state index contributed by atoms with van der Waals surface area (Å²) in [6.07, 6.45) is 0.934. The Balaban J connectivity index is 0.00000243. The van der Waals surface area contributed by atoms with E-state index in [0.717, 1.165) is 50.0 Å². The average molecular weight is 488 g/mol. The zero-order valence-electron chi connectivity index (χ0n) is 15.8. The molecule has 3 rings (SSSR count). The number of nitrogens with one attached hydrogen (secondary N) is 1. The number of aliphatic imine (C=N–C) groups is 1. The highest BCUT2D eigenvalue weighted by atomic mass is 127. The van der Waals surface area contributed by atoms with Gasteiger partial charge in [-0.25, -0.2) is 4.99 Å². The second-order valence-corrected chi connectivity index (χ2v) is 8.93. The first-order chi connectivity index (χ1) is 12.0. The molecule has 5 nitrogen and oxygen atoms in total. The molecular formula is C19H29IN4OS. The lowest BCUT2D eigenvalue weighted by Crippen LogP contribution is -2.51. The van der Waals surface area contributed by atoms with Crippen molar-refractivity contribution in [2.45, 2.75) is 31.9 Å². The Bertz CT molecular complexity index is 665. The van der Waals surface area contributed by atoms with Crippen molar-refractivity contribution in [2.24, 2.45) is 4.99 Å². The van der Waals surface area contributed by atoms with Gasteiger partial charge in [0.2, 0.25) is 5.91 Å². The van der Waals surface area contributed by atoms with Crippen LogP contribution < -0.4 is 10.2 Å². The smallest absolute Gasteiger partial charge is 0.248 e. The number of thioether (sulfide) groups is 1. The van der Waals surface area contributed by atoms with Crippen molar-refractivity contribution in [3.8, 4) is 0 Å². The number of benzene rings is 1. The third-order valence-electron chi connectivity index (χ3n) is 4.61. The van der Waals surface area contributed by atoms with Crippen molar-refractivity contribution in [3.05, 3.63) is 29.8 Å². The fourth-order valence-corrected chi connectivity index (χ4v) is 4.56. The summed E-state index contributed by atoms with van der Waals surface area (Å²) in [5.41, 5.74) is 2.30. The number of carbonyl (C=O) groups is 1. The Morgan fingerprint density at radius 2 is 2.08 bits per heavy atom. The van der Waals surface area contributed by atoms with Crippen LogP contribution in [-0.2, 0) is 11.2 Å². The van der Waals surface area contributed by atoms with Crippen LogP contribution >= 0.6 is 35.7 Å². The molecule has 0 saturated carbocycles. The van der Waals surface area contributed by atoms with Gasteiger partial charge in [0.05, 0.1) is 0 Å². The molecule has 0 unspecified atom stereocenters. The lowest BCUT2D eigenvalue weighted by atomic mass is 10.2. The van der Waals surface area contributed by atoms with Crippen LogP contribution in [0.5, 0.6) is 0 Å². The molecule has 0 aromatic heterocycles. The highest BCUT2D eigenvalue weighted by Crippen LogP contribution is 2.30. The molecule has 7 heteroatoms. The average Bonchev–Trinajstić information content (AvgIpc) is 3.01. The minimum atomic E-state index is 0. The molecule has 2 aliphatic heterocycles. The van der Waals surface area contributed by atoms with Crippen LogP contribution in [0.2, 0.25) is 0 Å². The summed E-state index contributed by atoms with van der Waals surface area (Å²) in [6.45, 7) is 10.3. The Morgan fingerprint density at radius 1 is 1.31 bits per heavy atom. The van der Waals surface area contributed by atoms with E-state index in [1.807, 2.05) is 34.9 Å². The van der Waals surface area contributed by atoms with Gasteiger partial charge >= 0.3 is 0 Å². The van der Waals surface area contributed by atoms with Gasteiger partial charge in [0.1, 0.15) is 6.54 Å². The third-order valence-corrected chi connectivity index (χ3v) is 5.91. The van der Waals surface area contributed by atoms with Crippen molar-refractivity contribution < 1.29 is 4.79 Å². The summed E-state index contributed by atoms with van der Waals surface area (Å²) >= 11 is 2.00. The highest BCUT2D eigenvalue weighted by molar-refractivity contribution is 14.0. The molecule has 0 spiro atoms. The molecule has 0 atom stereocenters. The molecule has 144 valence electrons. The van der Waals surface area contributed by atoms with Crippen LogP contribution in [0.25, 0.3) is 0 Å². The first-order valence-corrected chi connectivity index (χ1v) is 10.0. The molecule has 1 fully saturated rings. The van der Waals surface area contributed by atoms with Gasteiger partial charge in [-0.3, -0.25) is 4.79 Å². The van der Waals surface area contributed by atoms with Gasteiger partial charge in [-0.2, -0.15) is 11.8 Å². The number of hydrogen-bond donors (Lipinski definition) is 1. The van der Waals surface area contributed by atoms with E-state index >= 15 is 0 Å². The highest BCUT2D eigenvalue weighted by Gasteiger charge is 2.29. The maximum Gasteiger partial charge on any atom is 0.248 e. The van der Waals surface area contributed by atoms with Crippen LogP contribution in [0, 0.1) is 0 Å². The number of carbonyl (C=O) groups excluding carboxylic acids is 1. The quantitative estimate of drug-likeness (QED) is 0.404. The lowest BCUT2D eigenvalue weighted by molar-refractivity contribution is -0.117. The van der Waals surface area contributed by atoms with Crippen LogP contribution in [0.4, 0.5) is 5.69 Å². The number of para-hydroxylation sites is 1. The van der Waals surface area contributed by atoms with Crippen LogP contribution in [0.15, 0.2) is 29.3 Å². The second-order valence-electron chi connectivity index (χ2n) is 7.12. The van der Waals surface area contributed by atoms with Crippen molar-refractivity contribution in [2.75, 3.05) is 43.4 Å². The molecule has 1 saturated heterocycles. The monoisotopic (exact) mass is 488 g/mol. The fraction of sp³-hybridized carbons (Fsp3) is 0.579. The lowest BCUT2D eigenvalue weighted by Gasteiger charge is -2.39. The third kappa shape index (κ3) is 5.06. The normalized spacial score (nSPS) is 19.0. The number of amides is 1. The van der Waals surface area contributed by atoms with Gasteiger partial charge in [0.15, 0.2) is 5.96 Å². The summed E-state index contributed by atoms with van der Waals surface area (Å²) in [4.78, 5) is 21.5. The summed E-state index contributed by atoms with van der Waals surface area (Å²) in [5.74, 6) is 2.02. The van der Waals surface area contributed by atoms with Gasteiger partial charge in [-0.05, 0) is 38.8 Å². The van der Waals surface area contributed by atoms with Gasteiger partial charge in [0, 0.05) is 42.4 Å². The van der Waals surface area contributed by atoms with Crippen molar-refractivity contribution >= 4 is 53.3 Å². The van der Waals surface area contributed by atoms with Crippen molar-refractivity contribution in [3.63, 3.8) is 0 Å².